The molecule has 126 valence electrons. The van der Waals surface area contributed by atoms with Gasteiger partial charge in [0.05, 0.1) is 16.1 Å². The zero-order valence-electron chi connectivity index (χ0n) is 12.8. The minimum Gasteiger partial charge on any atom is -0.478 e. The molecule has 24 heavy (non-hydrogen) atoms. The van der Waals surface area contributed by atoms with Crippen LogP contribution in [0.3, 0.4) is 0 Å². The van der Waals surface area contributed by atoms with Crippen LogP contribution in [0.25, 0.3) is 0 Å². The van der Waals surface area contributed by atoms with Crippen LogP contribution in [0.4, 0.5) is 10.1 Å². The molecule has 0 unspecified atom stereocenters. The topological polar surface area (TPSA) is 83.5 Å². The number of hydrogen-bond donors (Lipinski definition) is 2. The molecule has 3 rings (SSSR count). The number of anilines is 1. The number of aryl methyl sites for hydroxylation is 1. The summed E-state index contributed by atoms with van der Waals surface area (Å²) in [5.41, 5.74) is 1.90. The second-order valence-corrected chi connectivity index (χ2v) is 7.39. The van der Waals surface area contributed by atoms with Gasteiger partial charge in [-0.1, -0.05) is 12.1 Å². The number of aromatic carboxylic acids is 1. The fourth-order valence-corrected chi connectivity index (χ4v) is 4.03. The Bertz CT molecular complexity index is 909. The van der Waals surface area contributed by atoms with E-state index in [2.05, 4.69) is 4.72 Å². The molecule has 5 nitrogen and oxygen atoms in total. The van der Waals surface area contributed by atoms with Gasteiger partial charge in [-0.25, -0.2) is 17.6 Å². The first-order valence-electron chi connectivity index (χ1n) is 7.55. The number of fused-ring (bicyclic) bond motifs is 1. The van der Waals surface area contributed by atoms with E-state index in [0.717, 1.165) is 55.0 Å². The minimum absolute atomic E-state index is 0.283. The van der Waals surface area contributed by atoms with E-state index in [4.69, 9.17) is 5.11 Å². The Morgan fingerprint density at radius 1 is 1.12 bits per heavy atom. The molecule has 0 aromatic heterocycles. The van der Waals surface area contributed by atoms with E-state index in [1.54, 1.807) is 12.1 Å². The SMILES string of the molecule is O=C(O)c1cc(S(=O)(=O)Nc2cccc3c2CCCC3)ccc1F. The fraction of sp³-hybridized carbons (Fsp3) is 0.235. The fourth-order valence-electron chi connectivity index (χ4n) is 2.92. The second-order valence-electron chi connectivity index (χ2n) is 5.70. The van der Waals surface area contributed by atoms with Gasteiger partial charge in [0, 0.05) is 0 Å². The zero-order chi connectivity index (χ0) is 17.3. The molecule has 0 heterocycles. The number of benzene rings is 2. The number of halogens is 1. The first-order chi connectivity index (χ1) is 11.4. The van der Waals surface area contributed by atoms with Gasteiger partial charge in [-0.3, -0.25) is 4.72 Å². The molecule has 7 heteroatoms. The van der Waals surface area contributed by atoms with Crippen LogP contribution < -0.4 is 4.72 Å². The van der Waals surface area contributed by atoms with Crippen molar-refractivity contribution >= 4 is 21.7 Å². The molecule has 0 saturated heterocycles. The van der Waals surface area contributed by atoms with Gasteiger partial charge >= 0.3 is 5.97 Å². The van der Waals surface area contributed by atoms with Crippen molar-refractivity contribution in [2.45, 2.75) is 30.6 Å². The number of carboxylic acids is 1. The average Bonchev–Trinajstić information content (AvgIpc) is 2.55. The summed E-state index contributed by atoms with van der Waals surface area (Å²) in [7, 11) is -4.00. The third kappa shape index (κ3) is 3.12. The number of sulfonamides is 1. The highest BCUT2D eigenvalue weighted by molar-refractivity contribution is 7.92. The number of carboxylic acid groups (broad SMARTS) is 1. The van der Waals surface area contributed by atoms with E-state index in [1.165, 1.54) is 0 Å². The monoisotopic (exact) mass is 349 g/mol. The summed E-state index contributed by atoms with van der Waals surface area (Å²) in [5, 5.41) is 8.95. The molecule has 0 amide bonds. The highest BCUT2D eigenvalue weighted by Crippen LogP contribution is 2.29. The van der Waals surface area contributed by atoms with Gasteiger partial charge in [0.25, 0.3) is 10.0 Å². The number of hydrogen-bond acceptors (Lipinski definition) is 3. The lowest BCUT2D eigenvalue weighted by Crippen LogP contribution is -2.17. The van der Waals surface area contributed by atoms with Crippen molar-refractivity contribution in [3.8, 4) is 0 Å². The highest BCUT2D eigenvalue weighted by atomic mass is 32.2. The summed E-state index contributed by atoms with van der Waals surface area (Å²) in [5.74, 6) is -2.49. The summed E-state index contributed by atoms with van der Waals surface area (Å²) < 4.78 is 41.1. The summed E-state index contributed by atoms with van der Waals surface area (Å²) in [6.45, 7) is 0. The third-order valence-corrected chi connectivity index (χ3v) is 5.48. The first kappa shape index (κ1) is 16.4. The lowest BCUT2D eigenvalue weighted by atomic mass is 9.91. The number of rotatable bonds is 4. The van der Waals surface area contributed by atoms with Crippen molar-refractivity contribution in [3.63, 3.8) is 0 Å². The van der Waals surface area contributed by atoms with Crippen LogP contribution in [0.2, 0.25) is 0 Å². The smallest absolute Gasteiger partial charge is 0.338 e. The number of nitrogens with one attached hydrogen (secondary N) is 1. The van der Waals surface area contributed by atoms with Crippen LogP contribution >= 0.6 is 0 Å². The van der Waals surface area contributed by atoms with Gasteiger partial charge in [-0.15, -0.1) is 0 Å². The summed E-state index contributed by atoms with van der Waals surface area (Å²) in [4.78, 5) is 10.7. The lowest BCUT2D eigenvalue weighted by Gasteiger charge is -2.20. The molecule has 1 aliphatic carbocycles. The van der Waals surface area contributed by atoms with Crippen LogP contribution in [0.5, 0.6) is 0 Å². The third-order valence-electron chi connectivity index (χ3n) is 4.12. The van der Waals surface area contributed by atoms with Gasteiger partial charge in [0.2, 0.25) is 0 Å². The summed E-state index contributed by atoms with van der Waals surface area (Å²) in [6, 6.07) is 8.18. The largest absolute Gasteiger partial charge is 0.478 e. The first-order valence-corrected chi connectivity index (χ1v) is 9.03. The molecular formula is C17H16FNO4S. The normalized spacial score (nSPS) is 14.0. The Labute approximate surface area is 139 Å². The van der Waals surface area contributed by atoms with E-state index in [1.807, 2.05) is 6.07 Å². The van der Waals surface area contributed by atoms with Crippen molar-refractivity contribution in [2.24, 2.45) is 0 Å². The predicted molar refractivity (Wildman–Crippen MR) is 87.3 cm³/mol. The molecule has 2 aromatic rings. The Hall–Kier alpha value is -2.41. The minimum atomic E-state index is -4.00. The molecule has 0 aliphatic heterocycles. The maximum absolute atomic E-state index is 13.5. The predicted octanol–water partition coefficient (Wildman–Crippen LogP) is 3.20. The maximum Gasteiger partial charge on any atom is 0.338 e. The molecule has 0 atom stereocenters. The van der Waals surface area contributed by atoms with Gasteiger partial charge in [0.1, 0.15) is 5.82 Å². The van der Waals surface area contributed by atoms with Gasteiger partial charge in [0.15, 0.2) is 0 Å². The van der Waals surface area contributed by atoms with E-state index in [0.29, 0.717) is 5.69 Å². The van der Waals surface area contributed by atoms with E-state index < -0.39 is 27.4 Å². The Morgan fingerprint density at radius 3 is 2.62 bits per heavy atom. The van der Waals surface area contributed by atoms with Crippen LogP contribution in [0.1, 0.15) is 34.3 Å². The van der Waals surface area contributed by atoms with Gasteiger partial charge in [-0.05, 0) is 61.1 Å². The maximum atomic E-state index is 13.5. The quantitative estimate of drug-likeness (QED) is 0.888. The van der Waals surface area contributed by atoms with Crippen LogP contribution in [-0.2, 0) is 22.9 Å². The lowest BCUT2D eigenvalue weighted by molar-refractivity contribution is 0.0691. The highest BCUT2D eigenvalue weighted by Gasteiger charge is 2.21. The van der Waals surface area contributed by atoms with Crippen LogP contribution in [0.15, 0.2) is 41.3 Å². The van der Waals surface area contributed by atoms with Crippen molar-refractivity contribution in [1.29, 1.82) is 0 Å². The molecule has 1 aliphatic rings. The van der Waals surface area contributed by atoms with Gasteiger partial charge < -0.3 is 5.11 Å². The van der Waals surface area contributed by atoms with Crippen LogP contribution in [-0.4, -0.2) is 19.5 Å². The summed E-state index contributed by atoms with van der Waals surface area (Å²) >= 11 is 0. The van der Waals surface area contributed by atoms with Crippen molar-refractivity contribution in [1.82, 2.24) is 0 Å². The van der Waals surface area contributed by atoms with Gasteiger partial charge in [-0.2, -0.15) is 0 Å². The molecule has 0 bridgehead atoms. The Kier molecular flexibility index (Phi) is 4.28. The number of carbonyl (C=O) groups is 1. The molecule has 2 aromatic carbocycles. The Balaban J connectivity index is 1.98. The van der Waals surface area contributed by atoms with Crippen molar-refractivity contribution < 1.29 is 22.7 Å². The van der Waals surface area contributed by atoms with E-state index in [-0.39, 0.29) is 4.90 Å². The zero-order valence-corrected chi connectivity index (χ0v) is 13.6. The van der Waals surface area contributed by atoms with E-state index >= 15 is 0 Å². The van der Waals surface area contributed by atoms with E-state index in [9.17, 15) is 17.6 Å². The molecular weight excluding hydrogens is 333 g/mol. The average molecular weight is 349 g/mol. The molecule has 0 saturated carbocycles. The van der Waals surface area contributed by atoms with Crippen molar-refractivity contribution in [3.05, 3.63) is 58.9 Å². The second kappa shape index (κ2) is 6.24. The summed E-state index contributed by atoms with van der Waals surface area (Å²) in [6.07, 6.45) is 3.76. The van der Waals surface area contributed by atoms with Crippen LogP contribution in [0, 0.1) is 5.82 Å². The standard InChI is InChI=1S/C17H16FNO4S/c18-15-9-8-12(10-14(15)17(20)21)24(22,23)19-16-7-3-5-11-4-1-2-6-13(11)16/h3,5,7-10,19H,1-2,4,6H2,(H,20,21). The molecule has 0 radical (unpaired) electrons. The molecule has 2 N–H and O–H groups in total. The molecule has 0 spiro atoms. The Morgan fingerprint density at radius 2 is 1.88 bits per heavy atom. The van der Waals surface area contributed by atoms with Crippen molar-refractivity contribution in [2.75, 3.05) is 4.72 Å². The molecule has 0 fully saturated rings.